The molecule has 5 fully saturated rings. The van der Waals surface area contributed by atoms with E-state index in [1.165, 1.54) is 6.07 Å². The molecule has 5 heterocycles. The number of Topliss-reactive ketones (excluding diaryl/α,β-unsaturated/α-hetero) is 1. The number of thiocarbonyl (C=S) groups is 1. The number of likely N-dealkylation sites (tertiary alicyclic amines) is 1. The van der Waals surface area contributed by atoms with Gasteiger partial charge in [-0.2, -0.15) is 18.4 Å². The van der Waals surface area contributed by atoms with Crippen molar-refractivity contribution in [1.29, 1.82) is 5.26 Å². The minimum absolute atomic E-state index is 0.0572. The third-order valence-corrected chi connectivity index (χ3v) is 13.1. The highest BCUT2D eigenvalue weighted by molar-refractivity contribution is 7.81. The highest BCUT2D eigenvalue weighted by atomic mass is 32.1. The zero-order valence-corrected chi connectivity index (χ0v) is 34.1. The number of hydrogen-bond acceptors (Lipinski definition) is 10. The van der Waals surface area contributed by atoms with Gasteiger partial charge in [-0.15, -0.1) is 0 Å². The number of benzene rings is 2. The van der Waals surface area contributed by atoms with E-state index in [2.05, 4.69) is 20.1 Å². The summed E-state index contributed by atoms with van der Waals surface area (Å²) < 4.78 is 47.8. The van der Waals surface area contributed by atoms with Crippen molar-refractivity contribution in [2.75, 3.05) is 42.6 Å². The Morgan fingerprint density at radius 3 is 2.45 bits per heavy atom. The van der Waals surface area contributed by atoms with E-state index in [0.717, 1.165) is 66.2 Å². The maximum Gasteiger partial charge on any atom is 0.419 e. The Morgan fingerprint density at radius 2 is 1.78 bits per heavy atom. The number of alkyl halides is 3. The minimum Gasteiger partial charge on any atom is -0.492 e. The lowest BCUT2D eigenvalue weighted by Crippen LogP contribution is -2.55. The lowest BCUT2D eigenvalue weighted by molar-refractivity contribution is -0.138. The standard InChI is InChI=1S/C44H46F3N7O5S/c1-2-29-20-31(54-42(60)53(41(58)43(54)13-4-14-43)34-21-36(44(45,46)47)37(22-48)49-23-34)10-11-38(29)59-16-15-51-24-32-8-9-33(25-51)52(32)26-35(55)19-28-6-3-5-27(17-28)18-30-7-12-39(56)50-40(30)57/h3,5-6,10-11,17,20-21,23,30,32-33H,2,4,7-9,12-16,18-19,24-26H2,1H3,(H,50,56,57). The lowest BCUT2D eigenvalue weighted by atomic mass is 9.75. The molecule has 5 aliphatic rings. The van der Waals surface area contributed by atoms with Gasteiger partial charge in [-0.05, 0) is 105 Å². The first-order valence-corrected chi connectivity index (χ1v) is 21.0. The van der Waals surface area contributed by atoms with E-state index in [1.54, 1.807) is 4.90 Å². The molecule has 3 aromatic rings. The van der Waals surface area contributed by atoms with E-state index in [1.807, 2.05) is 49.4 Å². The number of amides is 3. The number of anilines is 2. The summed E-state index contributed by atoms with van der Waals surface area (Å²) in [4.78, 5) is 62.5. The van der Waals surface area contributed by atoms with E-state index in [9.17, 15) is 37.6 Å². The zero-order valence-electron chi connectivity index (χ0n) is 33.3. The minimum atomic E-state index is -4.84. The molecule has 1 spiro atoms. The summed E-state index contributed by atoms with van der Waals surface area (Å²) >= 11 is 5.80. The number of piperidine rings is 1. The second-order valence-electron chi connectivity index (χ2n) is 16.5. The van der Waals surface area contributed by atoms with Crippen LogP contribution in [0.25, 0.3) is 0 Å². The molecule has 2 aromatic carbocycles. The Morgan fingerprint density at radius 1 is 1.03 bits per heavy atom. The van der Waals surface area contributed by atoms with Gasteiger partial charge in [0.2, 0.25) is 11.8 Å². The first-order valence-electron chi connectivity index (χ1n) is 20.6. The average Bonchev–Trinajstić information content (AvgIpc) is 3.57. The molecule has 60 heavy (non-hydrogen) atoms. The maximum atomic E-state index is 14.0. The van der Waals surface area contributed by atoms with Gasteiger partial charge < -0.3 is 9.64 Å². The van der Waals surface area contributed by atoms with Crippen molar-refractivity contribution in [3.8, 4) is 11.8 Å². The van der Waals surface area contributed by atoms with Crippen LogP contribution in [0.1, 0.15) is 79.8 Å². The quantitative estimate of drug-likeness (QED) is 0.172. The van der Waals surface area contributed by atoms with Gasteiger partial charge in [-0.25, -0.2) is 4.98 Å². The number of carbonyl (C=O) groups is 4. The first-order chi connectivity index (χ1) is 28.8. The number of aromatic nitrogens is 1. The van der Waals surface area contributed by atoms with Gasteiger partial charge in [0, 0.05) is 56.2 Å². The molecule has 4 saturated heterocycles. The lowest BCUT2D eigenvalue weighted by Gasteiger charge is -2.43. The van der Waals surface area contributed by atoms with E-state index in [0.29, 0.717) is 76.1 Å². The van der Waals surface area contributed by atoms with Crippen LogP contribution in [0.15, 0.2) is 54.7 Å². The SMILES string of the molecule is CCc1cc(N2C(=S)N(c3cnc(C#N)c(C(F)(F)F)c3)C(=O)C23CCC3)ccc1OCCN1CC2CCC(C1)N2CC(=O)Cc1cccc(CC2CCC(=O)NC2=O)c1. The molecule has 1 N–H and O–H groups in total. The van der Waals surface area contributed by atoms with Gasteiger partial charge in [-0.3, -0.25) is 39.2 Å². The van der Waals surface area contributed by atoms with Gasteiger partial charge in [0.1, 0.15) is 24.0 Å². The Hall–Kier alpha value is -5.24. The number of ether oxygens (including phenoxy) is 1. The number of piperazine rings is 1. The van der Waals surface area contributed by atoms with Crippen LogP contribution >= 0.6 is 12.2 Å². The van der Waals surface area contributed by atoms with Crippen molar-refractivity contribution in [2.24, 2.45) is 5.92 Å². The number of nitrogens with zero attached hydrogens (tertiary/aromatic N) is 6. The Bertz CT molecular complexity index is 2260. The van der Waals surface area contributed by atoms with Gasteiger partial charge >= 0.3 is 6.18 Å². The molecule has 12 nitrogen and oxygen atoms in total. The van der Waals surface area contributed by atoms with Crippen LogP contribution in [0.3, 0.4) is 0 Å². The number of imide groups is 1. The first kappa shape index (κ1) is 41.5. The fourth-order valence-electron chi connectivity index (χ4n) is 9.59. The molecule has 0 radical (unpaired) electrons. The molecule has 4 aliphatic heterocycles. The number of nitriles is 1. The van der Waals surface area contributed by atoms with Crippen molar-refractivity contribution in [3.63, 3.8) is 0 Å². The van der Waals surface area contributed by atoms with Crippen LogP contribution in [0.2, 0.25) is 0 Å². The number of aryl methyl sites for hydroxylation is 1. The van der Waals surface area contributed by atoms with Crippen molar-refractivity contribution in [1.82, 2.24) is 20.1 Å². The van der Waals surface area contributed by atoms with E-state index < -0.39 is 28.9 Å². The number of halogens is 3. The smallest absolute Gasteiger partial charge is 0.419 e. The fourth-order valence-corrected chi connectivity index (χ4v) is 10.1. The predicted molar refractivity (Wildman–Crippen MR) is 219 cm³/mol. The second-order valence-corrected chi connectivity index (χ2v) is 16.9. The van der Waals surface area contributed by atoms with Crippen LogP contribution in [-0.4, -0.2) is 93.8 Å². The van der Waals surface area contributed by atoms with Gasteiger partial charge in [-0.1, -0.05) is 31.2 Å². The zero-order chi connectivity index (χ0) is 42.3. The monoisotopic (exact) mass is 841 g/mol. The molecule has 16 heteroatoms. The summed E-state index contributed by atoms with van der Waals surface area (Å²) in [6.07, 6.45) is 2.42. The topological polar surface area (TPSA) is 139 Å². The van der Waals surface area contributed by atoms with Crippen molar-refractivity contribution < 1.29 is 37.1 Å². The van der Waals surface area contributed by atoms with Crippen molar-refractivity contribution in [3.05, 3.63) is 82.7 Å². The normalized spacial score (nSPS) is 22.9. The van der Waals surface area contributed by atoms with Crippen LogP contribution < -0.4 is 19.9 Å². The number of fused-ring (bicyclic) bond motifs is 2. The van der Waals surface area contributed by atoms with Crippen LogP contribution in [0.5, 0.6) is 5.75 Å². The maximum absolute atomic E-state index is 14.0. The van der Waals surface area contributed by atoms with Crippen LogP contribution in [-0.2, 0) is 44.6 Å². The Balaban J connectivity index is 0.863. The summed E-state index contributed by atoms with van der Waals surface area (Å²) in [7, 11) is 0. The number of ketones is 1. The Labute approximate surface area is 351 Å². The molecule has 3 atom stereocenters. The predicted octanol–water partition coefficient (Wildman–Crippen LogP) is 5.53. The summed E-state index contributed by atoms with van der Waals surface area (Å²) in [5.74, 6) is -0.248. The molecular weight excluding hydrogens is 796 g/mol. The summed E-state index contributed by atoms with van der Waals surface area (Å²) in [6.45, 7) is 5.24. The molecule has 3 unspecified atom stereocenters. The Kier molecular flexibility index (Phi) is 11.5. The summed E-state index contributed by atoms with van der Waals surface area (Å²) in [6, 6.07) is 16.3. The van der Waals surface area contributed by atoms with Crippen LogP contribution in [0.4, 0.5) is 24.5 Å². The van der Waals surface area contributed by atoms with E-state index in [4.69, 9.17) is 17.0 Å². The summed E-state index contributed by atoms with van der Waals surface area (Å²) in [5, 5.41) is 11.7. The van der Waals surface area contributed by atoms with Crippen molar-refractivity contribution >= 4 is 52.2 Å². The highest BCUT2D eigenvalue weighted by Gasteiger charge is 2.60. The average molecular weight is 842 g/mol. The van der Waals surface area contributed by atoms with Gasteiger partial charge in [0.05, 0.1) is 24.0 Å². The summed E-state index contributed by atoms with van der Waals surface area (Å²) in [5.41, 5.74) is 0.321. The molecule has 1 aromatic heterocycles. The number of pyridine rings is 1. The second kappa shape index (κ2) is 16.7. The highest BCUT2D eigenvalue weighted by Crippen LogP contribution is 2.49. The number of rotatable bonds is 13. The third kappa shape index (κ3) is 8.02. The van der Waals surface area contributed by atoms with E-state index >= 15 is 0 Å². The fraction of sp³-hybridized carbons (Fsp3) is 0.477. The molecular formula is C44H46F3N7O5S. The number of nitrogens with one attached hydrogen (secondary N) is 1. The molecule has 1 aliphatic carbocycles. The largest absolute Gasteiger partial charge is 0.492 e. The molecule has 1 saturated carbocycles. The van der Waals surface area contributed by atoms with Crippen LogP contribution in [0, 0.1) is 17.2 Å². The molecule has 8 rings (SSSR count). The molecule has 3 amide bonds. The van der Waals surface area contributed by atoms with Crippen molar-refractivity contribution in [2.45, 2.75) is 94.9 Å². The number of carbonyl (C=O) groups excluding carboxylic acids is 4. The van der Waals surface area contributed by atoms with Gasteiger partial charge in [0.15, 0.2) is 16.6 Å². The molecule has 314 valence electrons. The molecule has 2 bridgehead atoms. The third-order valence-electron chi connectivity index (χ3n) is 12.8. The number of hydrogen-bond donors (Lipinski definition) is 1. The van der Waals surface area contributed by atoms with Gasteiger partial charge in [0.25, 0.3) is 5.91 Å². The van der Waals surface area contributed by atoms with E-state index in [-0.39, 0.29) is 46.4 Å².